The first-order valence-electron chi connectivity index (χ1n) is 30.5. The van der Waals surface area contributed by atoms with Crippen molar-refractivity contribution >= 4 is 17.9 Å². The molecular formula is C61H118O6. The number of hydrogen-bond donors (Lipinski definition) is 0. The fourth-order valence-electron chi connectivity index (χ4n) is 9.51. The molecule has 0 heterocycles. The maximum Gasteiger partial charge on any atom is 0.306 e. The van der Waals surface area contributed by atoms with Crippen LogP contribution in [-0.2, 0) is 28.6 Å². The van der Waals surface area contributed by atoms with E-state index in [2.05, 4.69) is 20.8 Å². The lowest BCUT2D eigenvalue weighted by Crippen LogP contribution is -2.30. The molecular weight excluding hydrogens is 829 g/mol. The van der Waals surface area contributed by atoms with E-state index in [0.717, 1.165) is 57.8 Å². The predicted octanol–water partition coefficient (Wildman–Crippen LogP) is 20.3. The van der Waals surface area contributed by atoms with E-state index in [-0.39, 0.29) is 31.1 Å². The second-order valence-corrected chi connectivity index (χ2v) is 21.0. The van der Waals surface area contributed by atoms with Crippen molar-refractivity contribution in [3.63, 3.8) is 0 Å². The second kappa shape index (κ2) is 57.0. The van der Waals surface area contributed by atoms with Gasteiger partial charge in [-0.25, -0.2) is 0 Å². The van der Waals surface area contributed by atoms with Crippen LogP contribution in [0.5, 0.6) is 0 Å². The molecule has 0 saturated heterocycles. The Morgan fingerprint density at radius 2 is 0.403 bits per heavy atom. The lowest BCUT2D eigenvalue weighted by atomic mass is 10.0. The normalized spacial score (nSPS) is 11.9. The zero-order valence-electron chi connectivity index (χ0n) is 45.7. The summed E-state index contributed by atoms with van der Waals surface area (Å²) in [6.07, 6.45) is 64.0. The molecule has 0 aliphatic carbocycles. The van der Waals surface area contributed by atoms with Crippen LogP contribution < -0.4 is 0 Å². The molecule has 0 rings (SSSR count). The van der Waals surface area contributed by atoms with Crippen molar-refractivity contribution in [2.24, 2.45) is 0 Å². The van der Waals surface area contributed by atoms with Gasteiger partial charge in [-0.15, -0.1) is 0 Å². The van der Waals surface area contributed by atoms with Crippen LogP contribution in [0.15, 0.2) is 0 Å². The molecule has 67 heavy (non-hydrogen) atoms. The molecule has 0 aliphatic heterocycles. The summed E-state index contributed by atoms with van der Waals surface area (Å²) in [4.78, 5) is 38.1. The molecule has 0 aromatic heterocycles. The first-order valence-corrected chi connectivity index (χ1v) is 30.5. The number of esters is 3. The molecule has 0 spiro atoms. The molecule has 0 N–H and O–H groups in total. The molecule has 0 radical (unpaired) electrons. The van der Waals surface area contributed by atoms with Crippen LogP contribution in [0.1, 0.15) is 355 Å². The van der Waals surface area contributed by atoms with E-state index in [1.807, 2.05) is 0 Å². The lowest BCUT2D eigenvalue weighted by molar-refractivity contribution is -0.167. The van der Waals surface area contributed by atoms with Gasteiger partial charge in [-0.1, -0.05) is 316 Å². The SMILES string of the molecule is CCCCCCCCCCCCCCCCCCCCCCCCCCCC(=O)OCC(COC(=O)CCCCCCCCCCCCC)OC(=O)CCCCCCCCCCCCCCC. The Bertz CT molecular complexity index is 998. The topological polar surface area (TPSA) is 78.9 Å². The Morgan fingerprint density at radius 3 is 0.597 bits per heavy atom. The number of ether oxygens (including phenoxy) is 3. The molecule has 0 amide bonds. The zero-order valence-corrected chi connectivity index (χ0v) is 45.7. The lowest BCUT2D eigenvalue weighted by Gasteiger charge is -2.18. The summed E-state index contributed by atoms with van der Waals surface area (Å²) in [5, 5.41) is 0. The molecule has 398 valence electrons. The number of rotatable bonds is 57. The summed E-state index contributed by atoms with van der Waals surface area (Å²) in [5.74, 6) is -0.833. The third-order valence-electron chi connectivity index (χ3n) is 14.1. The van der Waals surface area contributed by atoms with E-state index in [0.29, 0.717) is 19.3 Å². The highest BCUT2D eigenvalue weighted by Crippen LogP contribution is 2.18. The molecule has 0 aliphatic rings. The summed E-state index contributed by atoms with van der Waals surface area (Å²) >= 11 is 0. The predicted molar refractivity (Wildman–Crippen MR) is 289 cm³/mol. The van der Waals surface area contributed by atoms with Crippen molar-refractivity contribution in [2.75, 3.05) is 13.2 Å². The zero-order chi connectivity index (χ0) is 48.6. The van der Waals surface area contributed by atoms with E-state index in [1.165, 1.54) is 257 Å². The Labute approximate surface area is 418 Å². The molecule has 0 saturated carbocycles. The van der Waals surface area contributed by atoms with Crippen molar-refractivity contribution in [3.05, 3.63) is 0 Å². The van der Waals surface area contributed by atoms with Gasteiger partial charge in [0.2, 0.25) is 0 Å². The minimum Gasteiger partial charge on any atom is -0.462 e. The third kappa shape index (κ3) is 55.2. The molecule has 0 fully saturated rings. The number of carbonyl (C=O) groups is 3. The minimum atomic E-state index is -0.760. The summed E-state index contributed by atoms with van der Waals surface area (Å²) in [6.45, 7) is 6.70. The Morgan fingerprint density at radius 1 is 0.239 bits per heavy atom. The second-order valence-electron chi connectivity index (χ2n) is 21.0. The molecule has 0 aromatic rings. The van der Waals surface area contributed by atoms with Crippen molar-refractivity contribution < 1.29 is 28.6 Å². The fourth-order valence-corrected chi connectivity index (χ4v) is 9.51. The number of carbonyl (C=O) groups excluding carboxylic acids is 3. The van der Waals surface area contributed by atoms with Crippen molar-refractivity contribution in [1.82, 2.24) is 0 Å². The Hall–Kier alpha value is -1.59. The van der Waals surface area contributed by atoms with Gasteiger partial charge >= 0.3 is 17.9 Å². The average molecular weight is 948 g/mol. The highest BCUT2D eigenvalue weighted by molar-refractivity contribution is 5.71. The summed E-state index contributed by atoms with van der Waals surface area (Å²) < 4.78 is 16.9. The molecule has 1 atom stereocenters. The van der Waals surface area contributed by atoms with Crippen LogP contribution in [0.2, 0.25) is 0 Å². The Kier molecular flexibility index (Phi) is 55.6. The molecule has 0 aromatic carbocycles. The van der Waals surface area contributed by atoms with Gasteiger partial charge < -0.3 is 14.2 Å². The molecule has 6 nitrogen and oxygen atoms in total. The van der Waals surface area contributed by atoms with Crippen LogP contribution >= 0.6 is 0 Å². The van der Waals surface area contributed by atoms with Crippen molar-refractivity contribution in [3.8, 4) is 0 Å². The quantitative estimate of drug-likeness (QED) is 0.0343. The van der Waals surface area contributed by atoms with Crippen LogP contribution in [0.4, 0.5) is 0 Å². The van der Waals surface area contributed by atoms with Gasteiger partial charge in [0, 0.05) is 19.3 Å². The maximum atomic E-state index is 12.8. The van der Waals surface area contributed by atoms with Gasteiger partial charge in [0.25, 0.3) is 0 Å². The fraction of sp³-hybridized carbons (Fsp3) is 0.951. The third-order valence-corrected chi connectivity index (χ3v) is 14.1. The van der Waals surface area contributed by atoms with Gasteiger partial charge in [0.15, 0.2) is 6.10 Å². The number of unbranched alkanes of at least 4 members (excludes halogenated alkanes) is 46. The minimum absolute atomic E-state index is 0.0612. The molecule has 6 heteroatoms. The monoisotopic (exact) mass is 947 g/mol. The Balaban J connectivity index is 4.12. The highest BCUT2D eigenvalue weighted by Gasteiger charge is 2.19. The van der Waals surface area contributed by atoms with E-state index in [4.69, 9.17) is 14.2 Å². The van der Waals surface area contributed by atoms with Crippen molar-refractivity contribution in [1.29, 1.82) is 0 Å². The van der Waals surface area contributed by atoms with Gasteiger partial charge in [-0.05, 0) is 19.3 Å². The van der Waals surface area contributed by atoms with E-state index < -0.39 is 6.10 Å². The first kappa shape index (κ1) is 65.4. The standard InChI is InChI=1S/C61H118O6/c1-4-7-10-13-16-19-22-24-25-26-27-28-29-30-31-32-33-34-35-37-39-42-45-48-51-54-60(63)66-57-58(56-65-59(62)53-50-47-44-41-38-21-18-15-12-9-6-3)67-61(64)55-52-49-46-43-40-36-23-20-17-14-11-8-5-2/h58H,4-57H2,1-3H3. The van der Waals surface area contributed by atoms with Crippen LogP contribution in [0, 0.1) is 0 Å². The van der Waals surface area contributed by atoms with Crippen molar-refractivity contribution in [2.45, 2.75) is 361 Å². The summed E-state index contributed by atoms with van der Waals surface area (Å²) in [7, 11) is 0. The molecule has 0 bridgehead atoms. The van der Waals surface area contributed by atoms with Crippen LogP contribution in [-0.4, -0.2) is 37.2 Å². The molecule has 1 unspecified atom stereocenters. The largest absolute Gasteiger partial charge is 0.462 e. The van der Waals surface area contributed by atoms with Gasteiger partial charge in [-0.2, -0.15) is 0 Å². The van der Waals surface area contributed by atoms with Crippen LogP contribution in [0.25, 0.3) is 0 Å². The smallest absolute Gasteiger partial charge is 0.306 e. The summed E-state index contributed by atoms with van der Waals surface area (Å²) in [5.41, 5.74) is 0. The highest BCUT2D eigenvalue weighted by atomic mass is 16.6. The number of hydrogen-bond acceptors (Lipinski definition) is 6. The first-order chi connectivity index (χ1) is 33.0. The maximum absolute atomic E-state index is 12.8. The van der Waals surface area contributed by atoms with Gasteiger partial charge in [0.1, 0.15) is 13.2 Å². The van der Waals surface area contributed by atoms with Gasteiger partial charge in [0.05, 0.1) is 0 Å². The average Bonchev–Trinajstić information content (AvgIpc) is 3.33. The summed E-state index contributed by atoms with van der Waals surface area (Å²) in [6, 6.07) is 0. The van der Waals surface area contributed by atoms with E-state index in [9.17, 15) is 14.4 Å². The van der Waals surface area contributed by atoms with E-state index >= 15 is 0 Å². The van der Waals surface area contributed by atoms with Gasteiger partial charge in [-0.3, -0.25) is 14.4 Å². The van der Waals surface area contributed by atoms with E-state index in [1.54, 1.807) is 0 Å². The van der Waals surface area contributed by atoms with Crippen LogP contribution in [0.3, 0.4) is 0 Å².